The number of hydrogen-bond acceptors (Lipinski definition) is 2. The number of rotatable bonds is 3. The van der Waals surface area contributed by atoms with Crippen LogP contribution in [0.5, 0.6) is 0 Å². The van der Waals surface area contributed by atoms with Gasteiger partial charge in [0.1, 0.15) is 0 Å². The van der Waals surface area contributed by atoms with Gasteiger partial charge in [0.15, 0.2) is 0 Å². The van der Waals surface area contributed by atoms with Crippen molar-refractivity contribution in [2.45, 2.75) is 43.4 Å². The Morgan fingerprint density at radius 2 is 1.65 bits per heavy atom. The molecule has 0 unspecified atom stereocenters. The predicted molar refractivity (Wildman–Crippen MR) is 47.4 cm³/mol. The molecule has 1 amide bonds. The molecule has 1 rings (SSSR count). The molecule has 0 radical (unpaired) electrons. The Morgan fingerprint density at radius 3 is 2.06 bits per heavy atom. The highest BCUT2D eigenvalue weighted by molar-refractivity contribution is 5.84. The van der Waals surface area contributed by atoms with E-state index in [1.54, 1.807) is 0 Å². The Hall–Kier alpha value is -0.920. The first-order valence-electron chi connectivity index (χ1n) is 5.04. The predicted octanol–water partition coefficient (Wildman–Crippen LogP) is 1.61. The fourth-order valence-electron chi connectivity index (χ4n) is 1.69. The molecule has 1 fully saturated rings. The molecule has 1 aliphatic rings. The van der Waals surface area contributed by atoms with Crippen molar-refractivity contribution in [3.05, 3.63) is 0 Å². The van der Waals surface area contributed by atoms with E-state index in [9.17, 15) is 31.9 Å². The van der Waals surface area contributed by atoms with Crippen molar-refractivity contribution in [3.8, 4) is 0 Å². The molecule has 1 aliphatic carbocycles. The molecule has 100 valence electrons. The van der Waals surface area contributed by atoms with Gasteiger partial charge in [0.2, 0.25) is 0 Å². The molecule has 2 N–H and O–H groups in total. The normalized spacial score (nSPS) is 20.4. The van der Waals surface area contributed by atoms with Crippen molar-refractivity contribution < 1.29 is 31.9 Å². The van der Waals surface area contributed by atoms with E-state index in [1.165, 1.54) is 5.32 Å². The Labute approximate surface area is 94.0 Å². The van der Waals surface area contributed by atoms with Gasteiger partial charge in [0, 0.05) is 6.54 Å². The number of alkyl halides is 5. The topological polar surface area (TPSA) is 49.3 Å². The molecule has 0 aromatic heterocycles. The van der Waals surface area contributed by atoms with Crippen LogP contribution < -0.4 is 5.32 Å². The summed E-state index contributed by atoms with van der Waals surface area (Å²) in [6, 6.07) is 0. The van der Waals surface area contributed by atoms with Gasteiger partial charge >= 0.3 is 12.1 Å². The van der Waals surface area contributed by atoms with Crippen LogP contribution in [0.15, 0.2) is 0 Å². The maximum Gasteiger partial charge on any atom is 0.463 e. The number of carbonyl (C=O) groups excluding carboxylic acids is 1. The molecule has 0 atom stereocenters. The van der Waals surface area contributed by atoms with Crippen LogP contribution in [-0.4, -0.2) is 35.3 Å². The van der Waals surface area contributed by atoms with Gasteiger partial charge < -0.3 is 10.4 Å². The number of halogens is 5. The zero-order valence-corrected chi connectivity index (χ0v) is 8.78. The third kappa shape index (κ3) is 3.05. The van der Waals surface area contributed by atoms with E-state index in [0.717, 1.165) is 0 Å². The summed E-state index contributed by atoms with van der Waals surface area (Å²) in [7, 11) is 0. The van der Waals surface area contributed by atoms with E-state index in [4.69, 9.17) is 0 Å². The molecule has 0 saturated heterocycles. The van der Waals surface area contributed by atoms with Gasteiger partial charge in [-0.3, -0.25) is 4.79 Å². The zero-order chi connectivity index (χ0) is 13.3. The van der Waals surface area contributed by atoms with Crippen LogP contribution in [0.2, 0.25) is 0 Å². The quantitative estimate of drug-likeness (QED) is 0.758. The summed E-state index contributed by atoms with van der Waals surface area (Å²) >= 11 is 0. The lowest BCUT2D eigenvalue weighted by molar-refractivity contribution is -0.270. The van der Waals surface area contributed by atoms with Crippen LogP contribution in [0.25, 0.3) is 0 Å². The second-order valence-corrected chi connectivity index (χ2v) is 4.19. The fourth-order valence-corrected chi connectivity index (χ4v) is 1.69. The van der Waals surface area contributed by atoms with Gasteiger partial charge in [0.25, 0.3) is 5.91 Å². The molecule has 0 heterocycles. The molecule has 0 aromatic rings. The van der Waals surface area contributed by atoms with E-state index in [0.29, 0.717) is 12.8 Å². The maximum atomic E-state index is 12.5. The van der Waals surface area contributed by atoms with Gasteiger partial charge in [-0.25, -0.2) is 0 Å². The van der Waals surface area contributed by atoms with Crippen molar-refractivity contribution in [3.63, 3.8) is 0 Å². The molecule has 0 bridgehead atoms. The van der Waals surface area contributed by atoms with E-state index in [1.807, 2.05) is 0 Å². The fraction of sp³-hybridized carbons (Fsp3) is 0.889. The van der Waals surface area contributed by atoms with E-state index in [2.05, 4.69) is 0 Å². The Morgan fingerprint density at radius 1 is 1.18 bits per heavy atom. The summed E-state index contributed by atoms with van der Waals surface area (Å²) in [6.45, 7) is -0.586. The minimum Gasteiger partial charge on any atom is -0.388 e. The minimum absolute atomic E-state index is 0.283. The molecular weight excluding hydrogens is 249 g/mol. The molecule has 17 heavy (non-hydrogen) atoms. The molecule has 3 nitrogen and oxygen atoms in total. The van der Waals surface area contributed by atoms with E-state index < -0.39 is 30.2 Å². The summed E-state index contributed by atoms with van der Waals surface area (Å²) in [5, 5.41) is 11.1. The smallest absolute Gasteiger partial charge is 0.388 e. The van der Waals surface area contributed by atoms with Crippen LogP contribution in [-0.2, 0) is 4.79 Å². The van der Waals surface area contributed by atoms with Crippen molar-refractivity contribution in [2.75, 3.05) is 6.54 Å². The Bertz CT molecular complexity index is 296. The van der Waals surface area contributed by atoms with Crippen molar-refractivity contribution in [2.24, 2.45) is 0 Å². The summed E-state index contributed by atoms with van der Waals surface area (Å²) < 4.78 is 60.4. The van der Waals surface area contributed by atoms with Crippen LogP contribution in [0.4, 0.5) is 22.0 Å². The van der Waals surface area contributed by atoms with Gasteiger partial charge in [-0.05, 0) is 12.8 Å². The molecule has 0 aliphatic heterocycles. The monoisotopic (exact) mass is 261 g/mol. The first kappa shape index (κ1) is 14.1. The number of amides is 1. The number of nitrogens with one attached hydrogen (secondary N) is 1. The largest absolute Gasteiger partial charge is 0.463 e. The van der Waals surface area contributed by atoms with Gasteiger partial charge in [0.05, 0.1) is 5.60 Å². The first-order valence-corrected chi connectivity index (χ1v) is 5.04. The summed E-state index contributed by atoms with van der Waals surface area (Å²) in [4.78, 5) is 10.7. The van der Waals surface area contributed by atoms with Gasteiger partial charge in [-0.2, -0.15) is 22.0 Å². The first-order chi connectivity index (χ1) is 7.58. The average molecular weight is 261 g/mol. The zero-order valence-electron chi connectivity index (χ0n) is 8.78. The average Bonchev–Trinajstić information content (AvgIpc) is 2.60. The highest BCUT2D eigenvalue weighted by Crippen LogP contribution is 2.36. The summed E-state index contributed by atoms with van der Waals surface area (Å²) in [6.07, 6.45) is -4.05. The lowest BCUT2D eigenvalue weighted by Crippen LogP contribution is -2.53. The van der Waals surface area contributed by atoms with Gasteiger partial charge in [-0.1, -0.05) is 12.8 Å². The van der Waals surface area contributed by atoms with E-state index >= 15 is 0 Å². The standard InChI is InChI=1S/C9H12F5NO2/c10-8(11,9(12,13)14)6(16)15-5-7(17)3-1-2-4-7/h17H,1-5H2,(H,15,16). The lowest BCUT2D eigenvalue weighted by Gasteiger charge is -2.24. The third-order valence-electron chi connectivity index (χ3n) is 2.75. The highest BCUT2D eigenvalue weighted by Gasteiger charge is 2.63. The lowest BCUT2D eigenvalue weighted by atomic mass is 10.0. The molecule has 8 heteroatoms. The summed E-state index contributed by atoms with van der Waals surface area (Å²) in [5.41, 5.74) is -1.36. The molecular formula is C9H12F5NO2. The number of hydrogen-bond donors (Lipinski definition) is 2. The number of carbonyl (C=O) groups is 1. The number of aliphatic hydroxyl groups is 1. The molecule has 0 aromatic carbocycles. The van der Waals surface area contributed by atoms with Gasteiger partial charge in [-0.15, -0.1) is 0 Å². The van der Waals surface area contributed by atoms with Crippen molar-refractivity contribution in [1.29, 1.82) is 0 Å². The molecule has 1 saturated carbocycles. The minimum atomic E-state index is -5.92. The van der Waals surface area contributed by atoms with Crippen LogP contribution in [0, 0.1) is 0 Å². The maximum absolute atomic E-state index is 12.5. The Kier molecular flexibility index (Phi) is 3.66. The second-order valence-electron chi connectivity index (χ2n) is 4.19. The van der Waals surface area contributed by atoms with Crippen molar-refractivity contribution in [1.82, 2.24) is 5.32 Å². The third-order valence-corrected chi connectivity index (χ3v) is 2.75. The highest BCUT2D eigenvalue weighted by atomic mass is 19.4. The van der Waals surface area contributed by atoms with Crippen molar-refractivity contribution >= 4 is 5.91 Å². The summed E-state index contributed by atoms with van der Waals surface area (Å²) in [5.74, 6) is -7.85. The Balaban J connectivity index is 2.55. The second kappa shape index (κ2) is 4.40. The SMILES string of the molecule is O=C(NCC1(O)CCCC1)C(F)(F)C(F)(F)F. The van der Waals surface area contributed by atoms with Crippen LogP contribution in [0.3, 0.4) is 0 Å². The van der Waals surface area contributed by atoms with E-state index in [-0.39, 0.29) is 12.8 Å². The van der Waals surface area contributed by atoms with Crippen LogP contribution >= 0.6 is 0 Å². The molecule has 0 spiro atoms. The van der Waals surface area contributed by atoms with Crippen LogP contribution in [0.1, 0.15) is 25.7 Å².